The second kappa shape index (κ2) is 8.45. The van der Waals surface area contributed by atoms with Gasteiger partial charge in [0.1, 0.15) is 12.1 Å². The molecule has 164 valence electrons. The van der Waals surface area contributed by atoms with Crippen molar-refractivity contribution in [2.24, 2.45) is 0 Å². The predicted octanol–water partition coefficient (Wildman–Crippen LogP) is 4.79. The van der Waals surface area contributed by atoms with Gasteiger partial charge >= 0.3 is 6.03 Å². The molecule has 2 N–H and O–H groups in total. The summed E-state index contributed by atoms with van der Waals surface area (Å²) in [6.45, 7) is 3.02. The molecule has 32 heavy (non-hydrogen) atoms. The third-order valence-corrected chi connectivity index (χ3v) is 6.27. The molecule has 4 rings (SSSR count). The lowest BCUT2D eigenvalue weighted by atomic mass is 9.88. The van der Waals surface area contributed by atoms with E-state index in [-0.39, 0.29) is 0 Å². The lowest BCUT2D eigenvalue weighted by molar-refractivity contribution is -0.135. The van der Waals surface area contributed by atoms with Crippen molar-refractivity contribution in [3.8, 4) is 0 Å². The molecule has 6 nitrogen and oxygen atoms in total. The first-order valence-electron chi connectivity index (χ1n) is 10.1. The number of benzene rings is 3. The molecule has 0 radical (unpaired) electrons. The fourth-order valence-corrected chi connectivity index (χ4v) is 4.62. The van der Waals surface area contributed by atoms with E-state index in [1.807, 2.05) is 42.5 Å². The molecule has 8 heteroatoms. The van der Waals surface area contributed by atoms with E-state index >= 15 is 0 Å². The molecule has 0 spiro atoms. The molecule has 3 aromatic carbocycles. The molecular formula is C24H21Cl2N3O3. The van der Waals surface area contributed by atoms with E-state index in [1.54, 1.807) is 32.0 Å². The third kappa shape index (κ3) is 3.92. The molecule has 1 aliphatic rings. The van der Waals surface area contributed by atoms with Crippen molar-refractivity contribution in [2.75, 3.05) is 6.54 Å². The highest BCUT2D eigenvalue weighted by Crippen LogP contribution is 2.34. The highest BCUT2D eigenvalue weighted by Gasteiger charge is 2.50. The summed E-state index contributed by atoms with van der Waals surface area (Å²) in [6, 6.07) is 17.2. The Bertz CT molecular complexity index is 1240. The fraction of sp³-hybridized carbons (Fsp3) is 0.208. The molecule has 3 aromatic rings. The molecule has 2 atom stereocenters. The molecule has 0 aromatic heterocycles. The molecule has 1 heterocycles. The Labute approximate surface area is 195 Å². The van der Waals surface area contributed by atoms with Gasteiger partial charge in [-0.3, -0.25) is 14.5 Å². The maximum atomic E-state index is 13.3. The van der Waals surface area contributed by atoms with Crippen LogP contribution in [0.15, 0.2) is 60.7 Å². The molecule has 1 saturated heterocycles. The SMILES string of the molecule is CC(NC(=O)CN1C(=O)NC(C)(c2cccc3ccccc23)C1=O)c1ccc(Cl)cc1Cl. The van der Waals surface area contributed by atoms with Gasteiger partial charge in [-0.05, 0) is 47.9 Å². The van der Waals surface area contributed by atoms with Gasteiger partial charge in [0.25, 0.3) is 5.91 Å². The van der Waals surface area contributed by atoms with Crippen LogP contribution in [0.4, 0.5) is 4.79 Å². The molecule has 1 aliphatic heterocycles. The Balaban J connectivity index is 1.53. The number of halogens is 2. The first-order chi connectivity index (χ1) is 15.2. The van der Waals surface area contributed by atoms with Crippen molar-refractivity contribution in [3.63, 3.8) is 0 Å². The Morgan fingerprint density at radius 2 is 1.81 bits per heavy atom. The number of carbonyl (C=O) groups is 3. The van der Waals surface area contributed by atoms with Crippen molar-refractivity contribution >= 4 is 51.8 Å². The van der Waals surface area contributed by atoms with Gasteiger partial charge in [0, 0.05) is 10.0 Å². The van der Waals surface area contributed by atoms with Gasteiger partial charge < -0.3 is 10.6 Å². The topological polar surface area (TPSA) is 78.5 Å². The molecular weight excluding hydrogens is 449 g/mol. The minimum Gasteiger partial charge on any atom is -0.348 e. The lowest BCUT2D eigenvalue weighted by Gasteiger charge is -2.24. The summed E-state index contributed by atoms with van der Waals surface area (Å²) in [5.41, 5.74) is 0.0870. The predicted molar refractivity (Wildman–Crippen MR) is 125 cm³/mol. The van der Waals surface area contributed by atoms with E-state index in [0.29, 0.717) is 21.2 Å². The summed E-state index contributed by atoms with van der Waals surface area (Å²) in [5, 5.41) is 8.28. The first kappa shape index (κ1) is 22.1. The van der Waals surface area contributed by atoms with Crippen LogP contribution in [0.2, 0.25) is 10.0 Å². The number of nitrogens with zero attached hydrogens (tertiary/aromatic N) is 1. The maximum Gasteiger partial charge on any atom is 0.325 e. The van der Waals surface area contributed by atoms with Crippen molar-refractivity contribution in [1.82, 2.24) is 15.5 Å². The van der Waals surface area contributed by atoms with Crippen LogP contribution in [0, 0.1) is 0 Å². The van der Waals surface area contributed by atoms with E-state index in [1.165, 1.54) is 0 Å². The van der Waals surface area contributed by atoms with Crippen LogP contribution in [0.25, 0.3) is 10.8 Å². The van der Waals surface area contributed by atoms with Crippen LogP contribution in [0.5, 0.6) is 0 Å². The zero-order valence-corrected chi connectivity index (χ0v) is 19.0. The number of hydrogen-bond acceptors (Lipinski definition) is 3. The molecule has 0 bridgehead atoms. The van der Waals surface area contributed by atoms with Crippen LogP contribution < -0.4 is 10.6 Å². The molecule has 0 saturated carbocycles. The minimum absolute atomic E-state index is 0.402. The van der Waals surface area contributed by atoms with Crippen molar-refractivity contribution in [1.29, 1.82) is 0 Å². The Morgan fingerprint density at radius 1 is 1.09 bits per heavy atom. The number of fused-ring (bicyclic) bond motifs is 1. The highest BCUT2D eigenvalue weighted by molar-refractivity contribution is 6.35. The maximum absolute atomic E-state index is 13.3. The Kier molecular flexibility index (Phi) is 5.84. The minimum atomic E-state index is -1.27. The quantitative estimate of drug-likeness (QED) is 0.527. The highest BCUT2D eigenvalue weighted by atomic mass is 35.5. The van der Waals surface area contributed by atoms with Gasteiger partial charge in [0.15, 0.2) is 0 Å². The summed E-state index contributed by atoms with van der Waals surface area (Å²) < 4.78 is 0. The summed E-state index contributed by atoms with van der Waals surface area (Å²) in [5.74, 6) is -0.958. The Hall–Kier alpha value is -3.09. The van der Waals surface area contributed by atoms with Crippen LogP contribution in [0.3, 0.4) is 0 Å². The van der Waals surface area contributed by atoms with Crippen molar-refractivity contribution < 1.29 is 14.4 Å². The second-order valence-electron chi connectivity index (χ2n) is 7.93. The number of urea groups is 1. The average Bonchev–Trinajstić information content (AvgIpc) is 2.97. The summed E-state index contributed by atoms with van der Waals surface area (Å²) >= 11 is 12.1. The van der Waals surface area contributed by atoms with Gasteiger partial charge in [0.2, 0.25) is 5.91 Å². The van der Waals surface area contributed by atoms with E-state index in [4.69, 9.17) is 23.2 Å². The fourth-order valence-electron chi connectivity index (χ4n) is 4.05. The summed E-state index contributed by atoms with van der Waals surface area (Å²) in [4.78, 5) is 39.6. The van der Waals surface area contributed by atoms with E-state index in [0.717, 1.165) is 15.7 Å². The number of hydrogen-bond donors (Lipinski definition) is 2. The van der Waals surface area contributed by atoms with E-state index in [9.17, 15) is 14.4 Å². The van der Waals surface area contributed by atoms with Gasteiger partial charge in [-0.2, -0.15) is 0 Å². The van der Waals surface area contributed by atoms with Crippen LogP contribution >= 0.6 is 23.2 Å². The van der Waals surface area contributed by atoms with E-state index < -0.39 is 36.0 Å². The average molecular weight is 470 g/mol. The van der Waals surface area contributed by atoms with Crippen LogP contribution in [0.1, 0.15) is 31.0 Å². The number of amides is 4. The molecule has 0 aliphatic carbocycles. The summed E-state index contributed by atoms with van der Waals surface area (Å²) in [6.07, 6.45) is 0. The smallest absolute Gasteiger partial charge is 0.325 e. The van der Waals surface area contributed by atoms with Crippen LogP contribution in [-0.2, 0) is 15.1 Å². The van der Waals surface area contributed by atoms with Crippen molar-refractivity contribution in [3.05, 3.63) is 81.8 Å². The van der Waals surface area contributed by atoms with E-state index in [2.05, 4.69) is 10.6 Å². The lowest BCUT2D eigenvalue weighted by Crippen LogP contribution is -2.43. The largest absolute Gasteiger partial charge is 0.348 e. The van der Waals surface area contributed by atoms with Gasteiger partial charge in [-0.1, -0.05) is 71.7 Å². The van der Waals surface area contributed by atoms with Gasteiger partial charge in [0.05, 0.1) is 6.04 Å². The zero-order chi connectivity index (χ0) is 23.0. The Morgan fingerprint density at radius 3 is 2.56 bits per heavy atom. The number of carbonyl (C=O) groups excluding carboxylic acids is 3. The standard InChI is InChI=1S/C24H21Cl2N3O3/c1-14(17-11-10-16(25)12-20(17)26)27-21(30)13-29-22(31)24(2,28-23(29)32)19-9-5-7-15-6-3-4-8-18(15)19/h3-12,14H,13H2,1-2H3,(H,27,30)(H,28,32). The van der Waals surface area contributed by atoms with Gasteiger partial charge in [-0.15, -0.1) is 0 Å². The molecule has 4 amide bonds. The number of rotatable bonds is 5. The molecule has 1 fully saturated rings. The second-order valence-corrected chi connectivity index (χ2v) is 8.77. The third-order valence-electron chi connectivity index (χ3n) is 5.71. The van der Waals surface area contributed by atoms with Crippen LogP contribution in [-0.4, -0.2) is 29.3 Å². The number of imide groups is 1. The van der Waals surface area contributed by atoms with Gasteiger partial charge in [-0.25, -0.2) is 4.79 Å². The molecule has 2 unspecified atom stereocenters. The first-order valence-corrected chi connectivity index (χ1v) is 10.8. The van der Waals surface area contributed by atoms with Crippen molar-refractivity contribution in [2.45, 2.75) is 25.4 Å². The monoisotopic (exact) mass is 469 g/mol. The normalized spacial score (nSPS) is 19.2. The summed E-state index contributed by atoms with van der Waals surface area (Å²) in [7, 11) is 0. The number of nitrogens with one attached hydrogen (secondary N) is 2. The zero-order valence-electron chi connectivity index (χ0n) is 17.5.